The molecule has 0 aliphatic carbocycles. The van der Waals surface area contributed by atoms with Crippen LogP contribution in [-0.2, 0) is 14.2 Å². The summed E-state index contributed by atoms with van der Waals surface area (Å²) < 4.78 is 16.0. The van der Waals surface area contributed by atoms with Crippen LogP contribution >= 0.6 is 0 Å². The van der Waals surface area contributed by atoms with Gasteiger partial charge in [0.05, 0.1) is 12.8 Å². The van der Waals surface area contributed by atoms with Crippen molar-refractivity contribution in [2.75, 3.05) is 20.6 Å². The molecule has 0 aromatic heterocycles. The Balaban J connectivity index is 2.85. The first kappa shape index (κ1) is 14.1. The average molecular weight is 239 g/mol. The van der Waals surface area contributed by atoms with E-state index in [2.05, 4.69) is 0 Å². The Morgan fingerprint density at radius 2 is 1.94 bits per heavy atom. The van der Waals surface area contributed by atoms with E-state index in [-0.39, 0.29) is 25.7 Å². The van der Waals surface area contributed by atoms with Crippen molar-refractivity contribution in [2.45, 2.75) is 26.1 Å². The number of benzene rings is 1. The lowest BCUT2D eigenvalue weighted by Crippen LogP contribution is -2.25. The molecule has 4 nitrogen and oxygen atoms in total. The van der Waals surface area contributed by atoms with E-state index >= 15 is 0 Å². The summed E-state index contributed by atoms with van der Waals surface area (Å²) in [6.07, 6.45) is -0.282. The Morgan fingerprint density at radius 3 is 2.53 bits per heavy atom. The number of rotatable bonds is 7. The van der Waals surface area contributed by atoms with Crippen LogP contribution < -0.4 is 5.73 Å². The fourth-order valence-electron chi connectivity index (χ4n) is 1.76. The summed E-state index contributed by atoms with van der Waals surface area (Å²) >= 11 is 0. The Kier molecular flexibility index (Phi) is 6.15. The summed E-state index contributed by atoms with van der Waals surface area (Å²) in [5, 5.41) is 0. The van der Waals surface area contributed by atoms with Crippen molar-refractivity contribution in [1.82, 2.24) is 0 Å². The minimum atomic E-state index is -0.167. The largest absolute Gasteiger partial charge is 0.361 e. The van der Waals surface area contributed by atoms with Crippen LogP contribution in [-0.4, -0.2) is 26.7 Å². The second kappa shape index (κ2) is 7.40. The predicted molar refractivity (Wildman–Crippen MR) is 66.5 cm³/mol. The molecule has 0 aliphatic heterocycles. The van der Waals surface area contributed by atoms with Gasteiger partial charge in [0, 0.05) is 7.11 Å². The second-order valence-electron chi connectivity index (χ2n) is 3.89. The lowest BCUT2D eigenvalue weighted by Gasteiger charge is -2.25. The molecule has 0 amide bonds. The molecule has 0 heterocycles. The van der Waals surface area contributed by atoms with E-state index in [1.165, 1.54) is 5.56 Å². The SMILES string of the molecule is COCOC(c1ccccc1C)C(C)OCN. The highest BCUT2D eigenvalue weighted by Gasteiger charge is 2.21. The maximum atomic E-state index is 5.67. The predicted octanol–water partition coefficient (Wildman–Crippen LogP) is 1.98. The van der Waals surface area contributed by atoms with Crippen molar-refractivity contribution >= 4 is 0 Å². The number of ether oxygens (including phenoxy) is 3. The summed E-state index contributed by atoms with van der Waals surface area (Å²) in [7, 11) is 1.60. The van der Waals surface area contributed by atoms with Gasteiger partial charge in [-0.25, -0.2) is 0 Å². The summed E-state index contributed by atoms with van der Waals surface area (Å²) in [6.45, 7) is 4.41. The first-order valence-electron chi connectivity index (χ1n) is 5.68. The molecule has 0 bridgehead atoms. The summed E-state index contributed by atoms with van der Waals surface area (Å²) in [6, 6.07) is 8.07. The van der Waals surface area contributed by atoms with Crippen LogP contribution in [0.15, 0.2) is 24.3 Å². The van der Waals surface area contributed by atoms with E-state index < -0.39 is 0 Å². The molecule has 1 aromatic rings. The first-order valence-corrected chi connectivity index (χ1v) is 5.68. The van der Waals surface area contributed by atoms with Crippen molar-refractivity contribution < 1.29 is 14.2 Å². The molecule has 1 aromatic carbocycles. The molecule has 2 atom stereocenters. The molecule has 0 saturated carbocycles. The first-order chi connectivity index (χ1) is 8.20. The number of methoxy groups -OCH3 is 1. The van der Waals surface area contributed by atoms with Gasteiger partial charge in [-0.15, -0.1) is 0 Å². The molecular weight excluding hydrogens is 218 g/mol. The van der Waals surface area contributed by atoms with Gasteiger partial charge in [-0.2, -0.15) is 0 Å². The van der Waals surface area contributed by atoms with Crippen LogP contribution in [0.5, 0.6) is 0 Å². The van der Waals surface area contributed by atoms with Gasteiger partial charge in [-0.1, -0.05) is 24.3 Å². The highest BCUT2D eigenvalue weighted by atomic mass is 16.7. The van der Waals surface area contributed by atoms with Crippen LogP contribution in [0.2, 0.25) is 0 Å². The fourth-order valence-corrected chi connectivity index (χ4v) is 1.76. The molecule has 96 valence electrons. The lowest BCUT2D eigenvalue weighted by molar-refractivity contribution is -0.125. The third-order valence-corrected chi connectivity index (χ3v) is 2.65. The number of hydrogen-bond donors (Lipinski definition) is 1. The van der Waals surface area contributed by atoms with Gasteiger partial charge in [0.15, 0.2) is 0 Å². The summed E-state index contributed by atoms with van der Waals surface area (Å²) in [5.41, 5.74) is 7.67. The normalized spacial score (nSPS) is 14.6. The zero-order valence-electron chi connectivity index (χ0n) is 10.7. The molecule has 0 spiro atoms. The Labute approximate surface area is 103 Å². The molecule has 17 heavy (non-hydrogen) atoms. The Hall–Kier alpha value is -0.940. The zero-order chi connectivity index (χ0) is 12.7. The van der Waals surface area contributed by atoms with Crippen LogP contribution in [0.4, 0.5) is 0 Å². The molecule has 0 radical (unpaired) electrons. The van der Waals surface area contributed by atoms with Crippen LogP contribution in [0, 0.1) is 6.92 Å². The van der Waals surface area contributed by atoms with E-state index in [9.17, 15) is 0 Å². The molecule has 0 fully saturated rings. The van der Waals surface area contributed by atoms with Gasteiger partial charge in [0.1, 0.15) is 12.9 Å². The van der Waals surface area contributed by atoms with Crippen molar-refractivity contribution in [3.63, 3.8) is 0 Å². The van der Waals surface area contributed by atoms with Crippen LogP contribution in [0.3, 0.4) is 0 Å². The van der Waals surface area contributed by atoms with Gasteiger partial charge in [-0.05, 0) is 25.0 Å². The van der Waals surface area contributed by atoms with Crippen molar-refractivity contribution in [3.8, 4) is 0 Å². The quantitative estimate of drug-likeness (QED) is 0.739. The second-order valence-corrected chi connectivity index (χ2v) is 3.89. The number of nitrogens with two attached hydrogens (primary N) is 1. The maximum absolute atomic E-state index is 5.67. The van der Waals surface area contributed by atoms with E-state index in [1.807, 2.05) is 38.1 Å². The minimum absolute atomic E-state index is 0.115. The zero-order valence-corrected chi connectivity index (χ0v) is 10.7. The van der Waals surface area contributed by atoms with Crippen LogP contribution in [0.1, 0.15) is 24.2 Å². The minimum Gasteiger partial charge on any atom is -0.361 e. The van der Waals surface area contributed by atoms with Crippen molar-refractivity contribution in [1.29, 1.82) is 0 Å². The molecule has 2 N–H and O–H groups in total. The van der Waals surface area contributed by atoms with E-state index in [0.717, 1.165) is 5.56 Å². The van der Waals surface area contributed by atoms with Gasteiger partial charge in [0.25, 0.3) is 0 Å². The Morgan fingerprint density at radius 1 is 1.24 bits per heavy atom. The standard InChI is InChI=1S/C13H21NO3/c1-10-6-4-5-7-12(10)13(17-9-15-3)11(2)16-8-14/h4-7,11,13H,8-9,14H2,1-3H3. The molecule has 0 aliphatic rings. The van der Waals surface area contributed by atoms with Crippen LogP contribution in [0.25, 0.3) is 0 Å². The van der Waals surface area contributed by atoms with Gasteiger partial charge >= 0.3 is 0 Å². The van der Waals surface area contributed by atoms with E-state index in [1.54, 1.807) is 7.11 Å². The third kappa shape index (κ3) is 4.09. The van der Waals surface area contributed by atoms with Crippen molar-refractivity contribution in [2.24, 2.45) is 5.73 Å². The molecule has 4 heteroatoms. The van der Waals surface area contributed by atoms with E-state index in [0.29, 0.717) is 0 Å². The van der Waals surface area contributed by atoms with Gasteiger partial charge in [-0.3, -0.25) is 0 Å². The van der Waals surface area contributed by atoms with Crippen molar-refractivity contribution in [3.05, 3.63) is 35.4 Å². The molecule has 2 unspecified atom stereocenters. The van der Waals surface area contributed by atoms with Gasteiger partial charge < -0.3 is 19.9 Å². The molecule has 1 rings (SSSR count). The number of hydrogen-bond acceptors (Lipinski definition) is 4. The molecular formula is C13H21NO3. The maximum Gasteiger partial charge on any atom is 0.147 e. The topological polar surface area (TPSA) is 53.7 Å². The molecule has 0 saturated heterocycles. The number of aryl methyl sites for hydroxylation is 1. The summed E-state index contributed by atoms with van der Waals surface area (Å²) in [4.78, 5) is 0. The highest BCUT2D eigenvalue weighted by Crippen LogP contribution is 2.26. The Bertz CT molecular complexity index is 330. The summed E-state index contributed by atoms with van der Waals surface area (Å²) in [5.74, 6) is 0. The lowest BCUT2D eigenvalue weighted by atomic mass is 10.00. The third-order valence-electron chi connectivity index (χ3n) is 2.65. The fraction of sp³-hybridized carbons (Fsp3) is 0.538. The average Bonchev–Trinajstić information content (AvgIpc) is 2.32. The highest BCUT2D eigenvalue weighted by molar-refractivity contribution is 5.28. The smallest absolute Gasteiger partial charge is 0.147 e. The van der Waals surface area contributed by atoms with Gasteiger partial charge in [0.2, 0.25) is 0 Å². The monoisotopic (exact) mass is 239 g/mol. The van der Waals surface area contributed by atoms with E-state index in [4.69, 9.17) is 19.9 Å².